The molecule has 2 aromatic rings. The quantitative estimate of drug-likeness (QED) is 0.932. The summed E-state index contributed by atoms with van der Waals surface area (Å²) in [6.07, 6.45) is 2.51. The number of nitrogens with zero attached hydrogens (tertiary/aromatic N) is 2. The maximum absolute atomic E-state index is 12.1. The topological polar surface area (TPSA) is 46.9 Å². The highest BCUT2D eigenvalue weighted by Crippen LogP contribution is 2.25. The third-order valence-corrected chi connectivity index (χ3v) is 3.11. The van der Waals surface area contributed by atoms with Gasteiger partial charge < -0.3 is 5.32 Å². The van der Waals surface area contributed by atoms with Crippen molar-refractivity contribution in [2.45, 2.75) is 19.9 Å². The standard InChI is InChI=1S/C13H13Cl2N3O/c1-2-7-18-12(5-6-16-18)13(19)17-11-4-3-9(14)8-10(11)15/h3-6,8H,2,7H2,1H3,(H,17,19). The van der Waals surface area contributed by atoms with Gasteiger partial charge >= 0.3 is 0 Å². The fraction of sp³-hybridized carbons (Fsp3) is 0.231. The maximum Gasteiger partial charge on any atom is 0.273 e. The lowest BCUT2D eigenvalue weighted by Gasteiger charge is -2.09. The van der Waals surface area contributed by atoms with E-state index in [-0.39, 0.29) is 5.91 Å². The number of aromatic nitrogens is 2. The van der Waals surface area contributed by atoms with E-state index in [0.29, 0.717) is 28.0 Å². The van der Waals surface area contributed by atoms with Crippen LogP contribution in [0.3, 0.4) is 0 Å². The number of hydrogen-bond acceptors (Lipinski definition) is 2. The number of nitrogens with one attached hydrogen (secondary N) is 1. The van der Waals surface area contributed by atoms with Crippen LogP contribution in [0.1, 0.15) is 23.8 Å². The normalized spacial score (nSPS) is 10.5. The molecule has 0 radical (unpaired) electrons. The number of rotatable bonds is 4. The second kappa shape index (κ2) is 6.08. The Morgan fingerprint density at radius 2 is 2.16 bits per heavy atom. The fourth-order valence-electron chi connectivity index (χ4n) is 1.69. The van der Waals surface area contributed by atoms with Gasteiger partial charge in [0.2, 0.25) is 0 Å². The van der Waals surface area contributed by atoms with Crippen molar-refractivity contribution in [1.29, 1.82) is 0 Å². The predicted molar refractivity (Wildman–Crippen MR) is 76.9 cm³/mol. The van der Waals surface area contributed by atoms with E-state index in [1.165, 1.54) is 0 Å². The number of carbonyl (C=O) groups excluding carboxylic acids is 1. The molecule has 0 aliphatic heterocycles. The van der Waals surface area contributed by atoms with E-state index < -0.39 is 0 Å². The van der Waals surface area contributed by atoms with Crippen molar-refractivity contribution in [3.05, 3.63) is 46.2 Å². The number of aryl methyl sites for hydroxylation is 1. The van der Waals surface area contributed by atoms with Crippen LogP contribution in [0.15, 0.2) is 30.5 Å². The van der Waals surface area contributed by atoms with E-state index in [1.807, 2.05) is 6.92 Å². The Bertz CT molecular complexity index is 595. The number of hydrogen-bond donors (Lipinski definition) is 1. The first-order valence-electron chi connectivity index (χ1n) is 5.90. The average Bonchev–Trinajstić information content (AvgIpc) is 2.81. The van der Waals surface area contributed by atoms with Crippen LogP contribution in [0.5, 0.6) is 0 Å². The summed E-state index contributed by atoms with van der Waals surface area (Å²) in [5.41, 5.74) is 1.04. The number of carbonyl (C=O) groups is 1. The molecule has 19 heavy (non-hydrogen) atoms. The molecule has 1 N–H and O–H groups in total. The van der Waals surface area contributed by atoms with Gasteiger partial charge in [-0.05, 0) is 30.7 Å². The Balaban J connectivity index is 2.18. The van der Waals surface area contributed by atoms with E-state index >= 15 is 0 Å². The van der Waals surface area contributed by atoms with Gasteiger partial charge in [0.05, 0.1) is 10.7 Å². The molecule has 1 aromatic carbocycles. The number of halogens is 2. The molecular weight excluding hydrogens is 285 g/mol. The zero-order chi connectivity index (χ0) is 13.8. The summed E-state index contributed by atoms with van der Waals surface area (Å²) in [5, 5.41) is 7.79. The van der Waals surface area contributed by atoms with Crippen molar-refractivity contribution in [3.8, 4) is 0 Å². The van der Waals surface area contributed by atoms with E-state index in [0.717, 1.165) is 6.42 Å². The molecule has 0 saturated heterocycles. The highest BCUT2D eigenvalue weighted by atomic mass is 35.5. The summed E-state index contributed by atoms with van der Waals surface area (Å²) >= 11 is 11.8. The summed E-state index contributed by atoms with van der Waals surface area (Å²) in [5.74, 6) is -0.241. The van der Waals surface area contributed by atoms with Crippen LogP contribution >= 0.6 is 23.2 Å². The van der Waals surface area contributed by atoms with Crippen LogP contribution in [0.2, 0.25) is 10.0 Å². The van der Waals surface area contributed by atoms with Crippen molar-refractivity contribution in [2.24, 2.45) is 0 Å². The molecule has 0 aliphatic carbocycles. The van der Waals surface area contributed by atoms with E-state index in [2.05, 4.69) is 10.4 Å². The fourth-order valence-corrected chi connectivity index (χ4v) is 2.15. The highest BCUT2D eigenvalue weighted by Gasteiger charge is 2.13. The van der Waals surface area contributed by atoms with Crippen LogP contribution in [-0.4, -0.2) is 15.7 Å². The minimum absolute atomic E-state index is 0.241. The van der Waals surface area contributed by atoms with E-state index in [4.69, 9.17) is 23.2 Å². The Kier molecular flexibility index (Phi) is 4.45. The highest BCUT2D eigenvalue weighted by molar-refractivity contribution is 6.36. The zero-order valence-corrected chi connectivity index (χ0v) is 11.9. The molecule has 100 valence electrons. The van der Waals surface area contributed by atoms with Crippen LogP contribution in [0.4, 0.5) is 5.69 Å². The zero-order valence-electron chi connectivity index (χ0n) is 10.4. The molecule has 6 heteroatoms. The third-order valence-electron chi connectivity index (χ3n) is 2.56. The SMILES string of the molecule is CCCn1nccc1C(=O)Nc1ccc(Cl)cc1Cl. The van der Waals surface area contributed by atoms with Gasteiger partial charge in [0, 0.05) is 17.8 Å². The average molecular weight is 298 g/mol. The predicted octanol–water partition coefficient (Wildman–Crippen LogP) is 3.85. The molecule has 0 aliphatic rings. The summed E-state index contributed by atoms with van der Waals surface area (Å²) < 4.78 is 1.67. The molecular formula is C13H13Cl2N3O. The first-order chi connectivity index (χ1) is 9.11. The van der Waals surface area contributed by atoms with Crippen molar-refractivity contribution in [2.75, 3.05) is 5.32 Å². The van der Waals surface area contributed by atoms with Crippen LogP contribution in [-0.2, 0) is 6.54 Å². The summed E-state index contributed by atoms with van der Waals surface area (Å²) in [7, 11) is 0. The van der Waals surface area contributed by atoms with Gasteiger partial charge in [-0.2, -0.15) is 5.10 Å². The number of benzene rings is 1. The van der Waals surface area contributed by atoms with Crippen molar-refractivity contribution >= 4 is 34.8 Å². The van der Waals surface area contributed by atoms with Gasteiger partial charge in [-0.1, -0.05) is 30.1 Å². The monoisotopic (exact) mass is 297 g/mol. The molecule has 0 spiro atoms. The molecule has 1 aromatic heterocycles. The third kappa shape index (κ3) is 3.28. The molecule has 1 amide bonds. The minimum atomic E-state index is -0.241. The lowest BCUT2D eigenvalue weighted by Crippen LogP contribution is -2.18. The van der Waals surface area contributed by atoms with Gasteiger partial charge in [-0.25, -0.2) is 0 Å². The lowest BCUT2D eigenvalue weighted by atomic mass is 10.3. The Morgan fingerprint density at radius 1 is 1.37 bits per heavy atom. The Labute approximate surface area is 121 Å². The van der Waals surface area contributed by atoms with Crippen molar-refractivity contribution < 1.29 is 4.79 Å². The Hall–Kier alpha value is -1.52. The molecule has 4 nitrogen and oxygen atoms in total. The molecule has 2 rings (SSSR count). The summed E-state index contributed by atoms with van der Waals surface area (Å²) in [6, 6.07) is 6.60. The van der Waals surface area contributed by atoms with Crippen LogP contribution < -0.4 is 5.32 Å². The molecule has 0 bridgehead atoms. The largest absolute Gasteiger partial charge is 0.319 e. The maximum atomic E-state index is 12.1. The van der Waals surface area contributed by atoms with Crippen LogP contribution in [0, 0.1) is 0 Å². The first kappa shape index (κ1) is 13.9. The van der Waals surface area contributed by atoms with Gasteiger partial charge in [0.25, 0.3) is 5.91 Å². The minimum Gasteiger partial charge on any atom is -0.319 e. The smallest absolute Gasteiger partial charge is 0.273 e. The summed E-state index contributed by atoms with van der Waals surface area (Å²) in [6.45, 7) is 2.73. The Morgan fingerprint density at radius 3 is 2.84 bits per heavy atom. The van der Waals surface area contributed by atoms with Gasteiger partial charge in [-0.15, -0.1) is 0 Å². The molecule has 0 atom stereocenters. The van der Waals surface area contributed by atoms with Crippen molar-refractivity contribution in [3.63, 3.8) is 0 Å². The number of amides is 1. The second-order valence-corrected chi connectivity index (χ2v) is 4.86. The van der Waals surface area contributed by atoms with Crippen molar-refractivity contribution in [1.82, 2.24) is 9.78 Å². The molecule has 0 saturated carbocycles. The molecule has 0 unspecified atom stereocenters. The summed E-state index contributed by atoms with van der Waals surface area (Å²) in [4.78, 5) is 12.1. The van der Waals surface area contributed by atoms with Gasteiger partial charge in [0.1, 0.15) is 5.69 Å². The van der Waals surface area contributed by atoms with Gasteiger partial charge in [-0.3, -0.25) is 9.48 Å². The molecule has 0 fully saturated rings. The second-order valence-electron chi connectivity index (χ2n) is 4.02. The van der Waals surface area contributed by atoms with Crippen LogP contribution in [0.25, 0.3) is 0 Å². The van der Waals surface area contributed by atoms with E-state index in [9.17, 15) is 4.79 Å². The van der Waals surface area contributed by atoms with E-state index in [1.54, 1.807) is 35.1 Å². The first-order valence-corrected chi connectivity index (χ1v) is 6.65. The number of anilines is 1. The lowest BCUT2D eigenvalue weighted by molar-refractivity contribution is 0.101. The van der Waals surface area contributed by atoms with Gasteiger partial charge in [0.15, 0.2) is 0 Å². The molecule has 1 heterocycles.